The van der Waals surface area contributed by atoms with Gasteiger partial charge >= 0.3 is 0 Å². The van der Waals surface area contributed by atoms with Crippen LogP contribution in [0.5, 0.6) is 0 Å². The molecule has 0 radical (unpaired) electrons. The zero-order valence-electron chi connectivity index (χ0n) is 6.12. The van der Waals surface area contributed by atoms with Gasteiger partial charge < -0.3 is 9.08 Å². The standard InChI is InChI=1S/C6H13NOS2/c1-7-4-2-3-6(7)5-8-10-9/h6,9H,2-5H2,1H3. The van der Waals surface area contributed by atoms with Crippen LogP contribution in [0.1, 0.15) is 12.8 Å². The number of likely N-dealkylation sites (tertiary alicyclic amines) is 1. The molecule has 1 fully saturated rings. The Morgan fingerprint density at radius 3 is 3.10 bits per heavy atom. The number of likely N-dealkylation sites (N-methyl/N-ethyl adjacent to an activating group) is 1. The maximum absolute atomic E-state index is 5.13. The van der Waals surface area contributed by atoms with Crippen LogP contribution < -0.4 is 0 Å². The lowest BCUT2D eigenvalue weighted by molar-refractivity contribution is 0.221. The lowest BCUT2D eigenvalue weighted by Gasteiger charge is -2.17. The minimum atomic E-state index is 0.625. The molecule has 0 N–H and O–H groups in total. The van der Waals surface area contributed by atoms with Gasteiger partial charge in [0.25, 0.3) is 0 Å². The summed E-state index contributed by atoms with van der Waals surface area (Å²) in [7, 11) is 2.14. The van der Waals surface area contributed by atoms with Gasteiger partial charge in [-0.15, -0.1) is 0 Å². The fraction of sp³-hybridized carbons (Fsp3) is 1.00. The fourth-order valence-electron chi connectivity index (χ4n) is 1.30. The van der Waals surface area contributed by atoms with E-state index in [0.717, 1.165) is 17.7 Å². The number of thiol groups is 1. The van der Waals surface area contributed by atoms with E-state index in [2.05, 4.69) is 23.6 Å². The van der Waals surface area contributed by atoms with Crippen LogP contribution in [0.25, 0.3) is 0 Å². The van der Waals surface area contributed by atoms with Crippen molar-refractivity contribution in [3.8, 4) is 0 Å². The Balaban J connectivity index is 2.14. The highest BCUT2D eigenvalue weighted by Crippen LogP contribution is 2.17. The first-order valence-corrected chi connectivity index (χ1v) is 5.27. The van der Waals surface area contributed by atoms with Gasteiger partial charge in [0, 0.05) is 6.04 Å². The minimum Gasteiger partial charge on any atom is -0.304 e. The van der Waals surface area contributed by atoms with Crippen molar-refractivity contribution < 1.29 is 4.18 Å². The first-order chi connectivity index (χ1) is 4.84. The molecule has 4 heteroatoms. The minimum absolute atomic E-state index is 0.625. The van der Waals surface area contributed by atoms with E-state index in [1.165, 1.54) is 19.4 Å². The average molecular weight is 179 g/mol. The summed E-state index contributed by atoms with van der Waals surface area (Å²) in [6, 6.07) is 0.625. The predicted molar refractivity (Wildman–Crippen MR) is 48.2 cm³/mol. The smallest absolute Gasteiger partial charge is 0.0779 e. The van der Waals surface area contributed by atoms with Gasteiger partial charge in [-0.2, -0.15) is 0 Å². The second-order valence-corrected chi connectivity index (χ2v) is 3.47. The zero-order chi connectivity index (χ0) is 7.40. The number of hydrogen-bond donors (Lipinski definition) is 1. The lowest BCUT2D eigenvalue weighted by atomic mass is 10.2. The second kappa shape index (κ2) is 4.49. The summed E-state index contributed by atoms with van der Waals surface area (Å²) in [4.78, 5) is 2.34. The normalized spacial score (nSPS) is 27.6. The molecule has 0 saturated carbocycles. The summed E-state index contributed by atoms with van der Waals surface area (Å²) in [5, 5.41) is 0. The highest BCUT2D eigenvalue weighted by atomic mass is 33.1. The van der Waals surface area contributed by atoms with Gasteiger partial charge in [0.15, 0.2) is 0 Å². The van der Waals surface area contributed by atoms with Gasteiger partial charge in [0.05, 0.1) is 17.7 Å². The third-order valence-electron chi connectivity index (χ3n) is 1.98. The number of hydrogen-bond acceptors (Lipinski definition) is 4. The Hall–Kier alpha value is 0.620. The Bertz CT molecular complexity index is 102. The molecule has 1 heterocycles. The van der Waals surface area contributed by atoms with Crippen molar-refractivity contribution in [3.05, 3.63) is 0 Å². The van der Waals surface area contributed by atoms with Gasteiger partial charge in [-0.3, -0.25) is 0 Å². The first-order valence-electron chi connectivity index (χ1n) is 3.48. The number of nitrogens with zero attached hydrogens (tertiary/aromatic N) is 1. The van der Waals surface area contributed by atoms with Crippen LogP contribution in [0.3, 0.4) is 0 Å². The molecule has 1 saturated heterocycles. The summed E-state index contributed by atoms with van der Waals surface area (Å²) in [6.45, 7) is 2.02. The third kappa shape index (κ3) is 2.34. The molecule has 1 atom stereocenters. The summed E-state index contributed by atoms with van der Waals surface area (Å²) >= 11 is 5.06. The summed E-state index contributed by atoms with van der Waals surface area (Å²) in [5.74, 6) is 0. The van der Waals surface area contributed by atoms with Crippen molar-refractivity contribution in [1.29, 1.82) is 0 Å². The molecule has 0 aliphatic carbocycles. The van der Waals surface area contributed by atoms with E-state index in [1.807, 2.05) is 0 Å². The Kier molecular flexibility index (Phi) is 3.91. The molecule has 0 amide bonds. The van der Waals surface area contributed by atoms with E-state index in [4.69, 9.17) is 4.18 Å². The Morgan fingerprint density at radius 1 is 1.80 bits per heavy atom. The van der Waals surface area contributed by atoms with Crippen LogP contribution in [-0.2, 0) is 4.18 Å². The average Bonchev–Trinajstić information content (AvgIpc) is 2.31. The molecular formula is C6H13NOS2. The summed E-state index contributed by atoms with van der Waals surface area (Å²) < 4.78 is 5.13. The molecule has 0 bridgehead atoms. The second-order valence-electron chi connectivity index (χ2n) is 2.64. The molecule has 1 unspecified atom stereocenters. The molecule has 0 aromatic rings. The third-order valence-corrected chi connectivity index (χ3v) is 2.54. The van der Waals surface area contributed by atoms with Crippen molar-refractivity contribution in [2.45, 2.75) is 18.9 Å². The van der Waals surface area contributed by atoms with Crippen molar-refractivity contribution in [2.24, 2.45) is 0 Å². The fourth-order valence-corrected chi connectivity index (χ4v) is 1.70. The molecule has 0 spiro atoms. The van der Waals surface area contributed by atoms with E-state index >= 15 is 0 Å². The van der Waals surface area contributed by atoms with Gasteiger partial charge in [0.1, 0.15) is 0 Å². The summed E-state index contributed by atoms with van der Waals surface area (Å²) in [5.41, 5.74) is 0. The van der Waals surface area contributed by atoms with Gasteiger partial charge in [-0.05, 0) is 26.4 Å². The molecule has 1 aliphatic rings. The van der Waals surface area contributed by atoms with Crippen LogP contribution >= 0.6 is 22.7 Å². The molecule has 1 aliphatic heterocycles. The van der Waals surface area contributed by atoms with Gasteiger partial charge in [-0.25, -0.2) is 0 Å². The molecule has 1 rings (SSSR count). The Morgan fingerprint density at radius 2 is 2.60 bits per heavy atom. The lowest BCUT2D eigenvalue weighted by Crippen LogP contribution is -2.28. The van der Waals surface area contributed by atoms with E-state index in [1.54, 1.807) is 0 Å². The predicted octanol–water partition coefficient (Wildman–Crippen LogP) is 1.59. The molecule has 10 heavy (non-hydrogen) atoms. The topological polar surface area (TPSA) is 12.5 Å². The van der Waals surface area contributed by atoms with Crippen LogP contribution in [0.2, 0.25) is 0 Å². The van der Waals surface area contributed by atoms with Crippen LogP contribution in [0, 0.1) is 0 Å². The van der Waals surface area contributed by atoms with Crippen LogP contribution in [0.15, 0.2) is 0 Å². The van der Waals surface area contributed by atoms with E-state index in [9.17, 15) is 0 Å². The highest BCUT2D eigenvalue weighted by molar-refractivity contribution is 8.66. The Labute approximate surface area is 71.3 Å². The number of rotatable bonds is 3. The van der Waals surface area contributed by atoms with E-state index < -0.39 is 0 Å². The van der Waals surface area contributed by atoms with Crippen molar-refractivity contribution in [2.75, 3.05) is 20.2 Å². The van der Waals surface area contributed by atoms with Crippen LogP contribution in [0.4, 0.5) is 0 Å². The van der Waals surface area contributed by atoms with Crippen molar-refractivity contribution >= 4 is 22.7 Å². The van der Waals surface area contributed by atoms with Gasteiger partial charge in [-0.1, -0.05) is 11.7 Å². The maximum Gasteiger partial charge on any atom is 0.0779 e. The monoisotopic (exact) mass is 179 g/mol. The highest BCUT2D eigenvalue weighted by Gasteiger charge is 2.20. The quantitative estimate of drug-likeness (QED) is 0.401. The van der Waals surface area contributed by atoms with Crippen molar-refractivity contribution in [3.63, 3.8) is 0 Å². The van der Waals surface area contributed by atoms with E-state index in [0.29, 0.717) is 6.04 Å². The molecule has 2 nitrogen and oxygen atoms in total. The van der Waals surface area contributed by atoms with Crippen molar-refractivity contribution in [1.82, 2.24) is 4.90 Å². The zero-order valence-corrected chi connectivity index (χ0v) is 7.83. The molecule has 60 valence electrons. The first kappa shape index (κ1) is 8.71. The molecular weight excluding hydrogens is 166 g/mol. The maximum atomic E-state index is 5.13. The summed E-state index contributed by atoms with van der Waals surface area (Å²) in [6.07, 6.45) is 2.58. The molecule has 0 aromatic carbocycles. The van der Waals surface area contributed by atoms with Gasteiger partial charge in [0.2, 0.25) is 0 Å². The largest absolute Gasteiger partial charge is 0.304 e. The van der Waals surface area contributed by atoms with Crippen LogP contribution in [-0.4, -0.2) is 31.1 Å². The molecule has 0 aromatic heterocycles. The SMILES string of the molecule is CN1CCCC1COSS. The van der Waals surface area contributed by atoms with E-state index in [-0.39, 0.29) is 0 Å².